The van der Waals surface area contributed by atoms with Crippen LogP contribution in [0.4, 0.5) is 16.3 Å². The zero-order chi connectivity index (χ0) is 21.8. The number of carboxylic acid groups (broad SMARTS) is 1. The Morgan fingerprint density at radius 1 is 1.19 bits per heavy atom. The lowest BCUT2D eigenvalue weighted by Crippen LogP contribution is -2.38. The molecule has 10 heteroatoms. The molecular formula is C21H25N4O5S-. The Balaban J connectivity index is 1.76. The summed E-state index contributed by atoms with van der Waals surface area (Å²) in [6, 6.07) is 8.78. The first-order valence-corrected chi connectivity index (χ1v) is 11.6. The molecule has 0 spiro atoms. The van der Waals surface area contributed by atoms with E-state index in [9.17, 15) is 13.6 Å². The summed E-state index contributed by atoms with van der Waals surface area (Å²) in [4.78, 5) is 22.6. The molecule has 1 aromatic heterocycles. The number of anilines is 2. The maximum atomic E-state index is 11.7. The number of morpholine rings is 1. The van der Waals surface area contributed by atoms with Crippen LogP contribution < -0.4 is 10.2 Å². The second-order valence-corrected chi connectivity index (χ2v) is 8.87. The Bertz CT molecular complexity index is 957. The number of rotatable bonds is 6. The Morgan fingerprint density at radius 3 is 2.48 bits per heavy atom. The molecule has 2 N–H and O–H groups in total. The fourth-order valence-electron chi connectivity index (χ4n) is 4.37. The van der Waals surface area contributed by atoms with Gasteiger partial charge in [0.2, 0.25) is 0 Å². The van der Waals surface area contributed by atoms with Crippen LogP contribution in [0.2, 0.25) is 0 Å². The Morgan fingerprint density at radius 2 is 1.87 bits per heavy atom. The topological polar surface area (TPSA) is 128 Å². The number of hydrogen-bond acceptors (Lipinski definition) is 7. The summed E-state index contributed by atoms with van der Waals surface area (Å²) >= 11 is -2.17. The first kappa shape index (κ1) is 21.7. The molecular weight excluding hydrogens is 420 g/mol. The zero-order valence-electron chi connectivity index (χ0n) is 17.1. The van der Waals surface area contributed by atoms with Crippen LogP contribution in [0.3, 0.4) is 0 Å². The lowest BCUT2D eigenvalue weighted by Gasteiger charge is -2.32. The highest BCUT2D eigenvalue weighted by atomic mass is 32.2. The van der Waals surface area contributed by atoms with Crippen molar-refractivity contribution >= 4 is 28.7 Å². The molecule has 1 aliphatic heterocycles. The van der Waals surface area contributed by atoms with Crippen LogP contribution in [0.25, 0.3) is 11.4 Å². The van der Waals surface area contributed by atoms with E-state index in [0.717, 1.165) is 42.8 Å². The molecule has 0 radical (unpaired) electrons. The lowest BCUT2D eigenvalue weighted by molar-refractivity contribution is 0.122. The van der Waals surface area contributed by atoms with Gasteiger partial charge in [0.05, 0.1) is 18.9 Å². The van der Waals surface area contributed by atoms with Gasteiger partial charge in [-0.25, -0.2) is 14.8 Å². The number of nitrogens with zero attached hydrogens (tertiary/aromatic N) is 3. The molecule has 1 atom stereocenters. The molecule has 1 aromatic carbocycles. The van der Waals surface area contributed by atoms with E-state index < -0.39 is 22.6 Å². The van der Waals surface area contributed by atoms with Gasteiger partial charge in [0.1, 0.15) is 5.82 Å². The van der Waals surface area contributed by atoms with Crippen LogP contribution in [0.5, 0.6) is 0 Å². The molecule has 4 rings (SSSR count). The fraction of sp³-hybridized carbons (Fsp3) is 0.476. The van der Waals surface area contributed by atoms with E-state index in [1.807, 2.05) is 6.07 Å². The van der Waals surface area contributed by atoms with Crippen LogP contribution in [-0.4, -0.2) is 62.0 Å². The van der Waals surface area contributed by atoms with Gasteiger partial charge in [-0.15, -0.1) is 0 Å². The number of amides is 1. The molecule has 1 unspecified atom stereocenters. The van der Waals surface area contributed by atoms with Crippen molar-refractivity contribution in [1.29, 1.82) is 0 Å². The highest BCUT2D eigenvalue weighted by molar-refractivity contribution is 7.79. The number of hydrogen-bond donors (Lipinski definition) is 2. The lowest BCUT2D eigenvalue weighted by atomic mass is 9.84. The van der Waals surface area contributed by atoms with Crippen LogP contribution in [0.1, 0.15) is 31.4 Å². The van der Waals surface area contributed by atoms with E-state index in [1.54, 1.807) is 24.3 Å². The molecule has 2 heterocycles. The monoisotopic (exact) mass is 445 g/mol. The van der Waals surface area contributed by atoms with E-state index in [4.69, 9.17) is 19.8 Å². The second-order valence-electron chi connectivity index (χ2n) is 7.98. The average molecular weight is 446 g/mol. The van der Waals surface area contributed by atoms with E-state index in [-0.39, 0.29) is 5.75 Å². The molecule has 2 aromatic rings. The predicted molar refractivity (Wildman–Crippen MR) is 116 cm³/mol. The Hall–Kier alpha value is -2.56. The van der Waals surface area contributed by atoms with Crippen LogP contribution in [-0.2, 0) is 21.2 Å². The highest BCUT2D eigenvalue weighted by Crippen LogP contribution is 2.42. The quantitative estimate of drug-likeness (QED) is 0.650. The minimum atomic E-state index is -2.17. The van der Waals surface area contributed by atoms with Crippen molar-refractivity contribution < 1.29 is 23.4 Å². The third kappa shape index (κ3) is 5.03. The van der Waals surface area contributed by atoms with Crippen molar-refractivity contribution in [2.45, 2.75) is 31.1 Å². The fourth-order valence-corrected chi connectivity index (χ4v) is 5.26. The number of ether oxygens (including phenoxy) is 1. The van der Waals surface area contributed by atoms with Crippen molar-refractivity contribution in [3.8, 4) is 11.4 Å². The predicted octanol–water partition coefficient (Wildman–Crippen LogP) is 2.76. The van der Waals surface area contributed by atoms with Gasteiger partial charge in [-0.3, -0.25) is 9.53 Å². The van der Waals surface area contributed by atoms with E-state index in [1.165, 1.54) is 0 Å². The summed E-state index contributed by atoms with van der Waals surface area (Å²) in [6.07, 6.45) is 2.37. The first-order chi connectivity index (χ1) is 14.9. The van der Waals surface area contributed by atoms with E-state index in [2.05, 4.69) is 10.2 Å². The largest absolute Gasteiger partial charge is 0.772 e. The van der Waals surface area contributed by atoms with E-state index in [0.29, 0.717) is 37.8 Å². The van der Waals surface area contributed by atoms with Gasteiger partial charge in [-0.05, 0) is 37.1 Å². The van der Waals surface area contributed by atoms with Gasteiger partial charge in [0.25, 0.3) is 0 Å². The third-order valence-electron chi connectivity index (χ3n) is 5.94. The SMILES string of the molecule is O=C(O)Nc1ccc(-c2nc(N3CCOCC3)cc(C3(CS(=O)[O-])CCCC3)n2)cc1. The van der Waals surface area contributed by atoms with Crippen molar-refractivity contribution in [2.75, 3.05) is 42.3 Å². The second kappa shape index (κ2) is 9.29. The number of aromatic nitrogens is 2. The molecule has 1 aliphatic carbocycles. The number of carbonyl (C=O) groups is 1. The summed E-state index contributed by atoms with van der Waals surface area (Å²) in [5, 5.41) is 11.2. The zero-order valence-corrected chi connectivity index (χ0v) is 17.9. The summed E-state index contributed by atoms with van der Waals surface area (Å²) in [5.41, 5.74) is 1.45. The maximum absolute atomic E-state index is 11.7. The summed E-state index contributed by atoms with van der Waals surface area (Å²) in [7, 11) is 0. The Kier molecular flexibility index (Phi) is 6.49. The normalized spacial score (nSPS) is 19.2. The van der Waals surface area contributed by atoms with Crippen molar-refractivity contribution in [2.24, 2.45) is 0 Å². The third-order valence-corrected chi connectivity index (χ3v) is 6.73. The summed E-state index contributed by atoms with van der Waals surface area (Å²) < 4.78 is 28.8. The molecule has 2 fully saturated rings. The van der Waals surface area contributed by atoms with Crippen LogP contribution >= 0.6 is 0 Å². The van der Waals surface area contributed by atoms with Crippen LogP contribution in [0.15, 0.2) is 30.3 Å². The van der Waals surface area contributed by atoms with Crippen molar-refractivity contribution in [3.05, 3.63) is 36.0 Å². The molecule has 166 valence electrons. The molecule has 1 amide bonds. The van der Waals surface area contributed by atoms with E-state index >= 15 is 0 Å². The van der Waals surface area contributed by atoms with Gasteiger partial charge < -0.3 is 19.3 Å². The maximum Gasteiger partial charge on any atom is 0.409 e. The summed E-state index contributed by atoms with van der Waals surface area (Å²) in [5.74, 6) is 1.32. The number of benzene rings is 1. The minimum Gasteiger partial charge on any atom is -0.772 e. The average Bonchev–Trinajstić information content (AvgIpc) is 3.23. The Labute approximate surface area is 183 Å². The van der Waals surface area contributed by atoms with Gasteiger partial charge in [-0.1, -0.05) is 23.9 Å². The van der Waals surface area contributed by atoms with Gasteiger partial charge in [-0.2, -0.15) is 0 Å². The molecule has 2 aliphatic rings. The van der Waals surface area contributed by atoms with Gasteiger partial charge >= 0.3 is 6.09 Å². The highest BCUT2D eigenvalue weighted by Gasteiger charge is 2.38. The molecule has 31 heavy (non-hydrogen) atoms. The molecule has 1 saturated carbocycles. The van der Waals surface area contributed by atoms with Gasteiger partial charge in [0, 0.05) is 41.6 Å². The number of nitrogens with one attached hydrogen (secondary N) is 1. The first-order valence-electron chi connectivity index (χ1n) is 10.3. The summed E-state index contributed by atoms with van der Waals surface area (Å²) in [6.45, 7) is 2.63. The van der Waals surface area contributed by atoms with Crippen molar-refractivity contribution in [3.63, 3.8) is 0 Å². The van der Waals surface area contributed by atoms with Crippen molar-refractivity contribution in [1.82, 2.24) is 9.97 Å². The molecule has 9 nitrogen and oxygen atoms in total. The van der Waals surface area contributed by atoms with Crippen LogP contribution in [0, 0.1) is 0 Å². The molecule has 1 saturated heterocycles. The molecule has 0 bridgehead atoms. The minimum absolute atomic E-state index is 0.0491. The van der Waals surface area contributed by atoms with Gasteiger partial charge in [0.15, 0.2) is 5.82 Å². The smallest absolute Gasteiger partial charge is 0.409 e. The standard InChI is InChI=1S/C21H26N4O5S/c26-20(27)22-16-5-3-15(4-6-16)19-23-17(21(14-31(28)29)7-1-2-8-21)13-18(24-19)25-9-11-30-12-10-25/h3-6,13,22H,1-2,7-12,14H2,(H,26,27)(H,28,29)/p-1.